The molecule has 1 amide bonds. The zero-order valence-corrected chi connectivity index (χ0v) is 15.2. The highest BCUT2D eigenvalue weighted by Crippen LogP contribution is 2.32. The van der Waals surface area contributed by atoms with E-state index in [0.29, 0.717) is 23.0 Å². The van der Waals surface area contributed by atoms with Crippen LogP contribution in [0.3, 0.4) is 0 Å². The molecule has 1 aromatic carbocycles. The van der Waals surface area contributed by atoms with Crippen LogP contribution in [0.25, 0.3) is 11.3 Å². The topological polar surface area (TPSA) is 95.6 Å². The predicted octanol–water partition coefficient (Wildman–Crippen LogP) is 1.99. The number of carbonyl (C=O) groups excluding carboxylic acids is 1. The average Bonchev–Trinajstić information content (AvgIpc) is 3.16. The van der Waals surface area contributed by atoms with Crippen LogP contribution >= 0.6 is 0 Å². The number of rotatable bonds is 6. The van der Waals surface area contributed by atoms with Gasteiger partial charge in [0.1, 0.15) is 11.3 Å². The Bertz CT molecular complexity index is 1020. The normalized spacial score (nSPS) is 10.5. The zero-order chi connectivity index (χ0) is 19.4. The second kappa shape index (κ2) is 7.77. The van der Waals surface area contributed by atoms with Crippen molar-refractivity contribution in [1.82, 2.24) is 15.0 Å². The Hall–Kier alpha value is -3.55. The van der Waals surface area contributed by atoms with Crippen molar-refractivity contribution in [1.29, 1.82) is 0 Å². The zero-order valence-electron chi connectivity index (χ0n) is 15.2. The molecular formula is C19H19N3O5. The summed E-state index contributed by atoms with van der Waals surface area (Å²) < 4.78 is 17.2. The maximum absolute atomic E-state index is 12.2. The summed E-state index contributed by atoms with van der Waals surface area (Å²) in [5.74, 6) is 1.24. The van der Waals surface area contributed by atoms with Gasteiger partial charge in [-0.3, -0.25) is 9.59 Å². The van der Waals surface area contributed by atoms with Crippen LogP contribution in [0, 0.1) is 0 Å². The maximum atomic E-state index is 12.2. The minimum Gasteiger partial charge on any atom is -0.493 e. The smallest absolute Gasteiger partial charge is 0.263 e. The van der Waals surface area contributed by atoms with Gasteiger partial charge in [0.15, 0.2) is 17.3 Å². The number of amides is 1. The van der Waals surface area contributed by atoms with Crippen molar-refractivity contribution in [3.05, 3.63) is 64.2 Å². The Balaban J connectivity index is 1.72. The number of pyridine rings is 1. The average molecular weight is 369 g/mol. The van der Waals surface area contributed by atoms with Crippen molar-refractivity contribution in [2.75, 3.05) is 14.2 Å². The number of aryl methyl sites for hydroxylation is 1. The van der Waals surface area contributed by atoms with Crippen molar-refractivity contribution in [2.24, 2.45) is 7.05 Å². The van der Waals surface area contributed by atoms with Crippen molar-refractivity contribution in [3.63, 3.8) is 0 Å². The molecule has 140 valence electrons. The van der Waals surface area contributed by atoms with Gasteiger partial charge >= 0.3 is 0 Å². The maximum Gasteiger partial charge on any atom is 0.263 e. The molecule has 0 fully saturated rings. The summed E-state index contributed by atoms with van der Waals surface area (Å²) in [5, 5.41) is 6.62. The fourth-order valence-electron chi connectivity index (χ4n) is 2.56. The molecule has 0 spiro atoms. The number of nitrogens with one attached hydrogen (secondary N) is 1. The number of methoxy groups -OCH3 is 2. The highest BCUT2D eigenvalue weighted by molar-refractivity contribution is 5.93. The van der Waals surface area contributed by atoms with E-state index in [9.17, 15) is 9.59 Å². The van der Waals surface area contributed by atoms with Crippen molar-refractivity contribution in [2.45, 2.75) is 6.54 Å². The van der Waals surface area contributed by atoms with E-state index in [-0.39, 0.29) is 17.7 Å². The molecule has 1 N–H and O–H groups in total. The van der Waals surface area contributed by atoms with Gasteiger partial charge in [-0.2, -0.15) is 0 Å². The van der Waals surface area contributed by atoms with E-state index in [4.69, 9.17) is 14.0 Å². The van der Waals surface area contributed by atoms with Gasteiger partial charge in [-0.1, -0.05) is 5.16 Å². The molecule has 8 nitrogen and oxygen atoms in total. The Labute approximate surface area is 155 Å². The Kier molecular flexibility index (Phi) is 5.25. The number of hydrogen-bond donors (Lipinski definition) is 1. The first-order valence-corrected chi connectivity index (χ1v) is 8.15. The fraction of sp³-hybridized carbons (Fsp3) is 0.211. The van der Waals surface area contributed by atoms with Gasteiger partial charge in [0.25, 0.3) is 11.5 Å². The van der Waals surface area contributed by atoms with Gasteiger partial charge in [-0.15, -0.1) is 0 Å². The van der Waals surface area contributed by atoms with Gasteiger partial charge in [0, 0.05) is 24.9 Å². The summed E-state index contributed by atoms with van der Waals surface area (Å²) in [7, 11) is 4.70. The van der Waals surface area contributed by atoms with Crippen molar-refractivity contribution < 1.29 is 18.8 Å². The van der Waals surface area contributed by atoms with E-state index in [1.54, 1.807) is 51.7 Å². The van der Waals surface area contributed by atoms with Crippen LogP contribution in [-0.2, 0) is 13.6 Å². The third kappa shape index (κ3) is 3.84. The molecule has 0 unspecified atom stereocenters. The SMILES string of the molecule is COc1ccc(-c2cc(CNC(=O)c3cccn(C)c3=O)no2)cc1OC. The summed E-state index contributed by atoms with van der Waals surface area (Å²) >= 11 is 0. The molecule has 0 aliphatic rings. The molecule has 0 saturated carbocycles. The largest absolute Gasteiger partial charge is 0.493 e. The molecule has 2 aromatic heterocycles. The van der Waals surface area contributed by atoms with E-state index in [2.05, 4.69) is 10.5 Å². The Morgan fingerprint density at radius 3 is 2.70 bits per heavy atom. The van der Waals surface area contributed by atoms with Crippen LogP contribution in [0.1, 0.15) is 16.1 Å². The highest BCUT2D eigenvalue weighted by Gasteiger charge is 2.14. The molecule has 3 rings (SSSR count). The third-order valence-corrected chi connectivity index (χ3v) is 4.03. The molecule has 27 heavy (non-hydrogen) atoms. The monoisotopic (exact) mass is 369 g/mol. The quantitative estimate of drug-likeness (QED) is 0.714. The third-order valence-electron chi connectivity index (χ3n) is 4.03. The minimum atomic E-state index is -0.466. The lowest BCUT2D eigenvalue weighted by Gasteiger charge is -2.07. The van der Waals surface area contributed by atoms with Gasteiger partial charge in [0.2, 0.25) is 0 Å². The van der Waals surface area contributed by atoms with Crippen LogP contribution in [0.5, 0.6) is 11.5 Å². The number of hydrogen-bond acceptors (Lipinski definition) is 6. The lowest BCUT2D eigenvalue weighted by atomic mass is 10.1. The first-order chi connectivity index (χ1) is 13.0. The summed E-state index contributed by atoms with van der Waals surface area (Å²) in [5.41, 5.74) is 1.00. The molecule has 0 aliphatic heterocycles. The Morgan fingerprint density at radius 1 is 1.19 bits per heavy atom. The van der Waals surface area contributed by atoms with Crippen molar-refractivity contribution >= 4 is 5.91 Å². The number of ether oxygens (including phenoxy) is 2. The van der Waals surface area contributed by atoms with E-state index in [1.807, 2.05) is 6.07 Å². The summed E-state index contributed by atoms with van der Waals surface area (Å²) in [4.78, 5) is 24.2. The highest BCUT2D eigenvalue weighted by atomic mass is 16.5. The number of carbonyl (C=O) groups is 1. The standard InChI is InChI=1S/C19H19N3O5/c1-22-8-4-5-14(19(22)24)18(23)20-11-13-10-16(27-21-13)12-6-7-15(25-2)17(9-12)26-3/h4-10H,11H2,1-3H3,(H,20,23). The first kappa shape index (κ1) is 18.2. The molecule has 8 heteroatoms. The summed E-state index contributed by atoms with van der Waals surface area (Å²) in [6, 6.07) is 10.2. The molecule has 3 aromatic rings. The lowest BCUT2D eigenvalue weighted by molar-refractivity contribution is 0.0948. The van der Waals surface area contributed by atoms with Gasteiger partial charge in [0.05, 0.1) is 20.8 Å². The van der Waals surface area contributed by atoms with E-state index in [0.717, 1.165) is 5.56 Å². The summed E-state index contributed by atoms with van der Waals surface area (Å²) in [6.45, 7) is 0.133. The molecular weight excluding hydrogens is 350 g/mol. The number of aromatic nitrogens is 2. The van der Waals surface area contributed by atoms with Crippen LogP contribution < -0.4 is 20.3 Å². The molecule has 0 radical (unpaired) electrons. The second-order valence-electron chi connectivity index (χ2n) is 5.77. The molecule has 0 saturated heterocycles. The van der Waals surface area contributed by atoms with E-state index < -0.39 is 5.91 Å². The number of nitrogens with zero attached hydrogens (tertiary/aromatic N) is 2. The van der Waals surface area contributed by atoms with Crippen LogP contribution in [0.15, 0.2) is 51.9 Å². The van der Waals surface area contributed by atoms with Crippen LogP contribution in [-0.4, -0.2) is 29.9 Å². The molecule has 2 heterocycles. The Morgan fingerprint density at radius 2 is 1.96 bits per heavy atom. The van der Waals surface area contributed by atoms with Crippen LogP contribution in [0.4, 0.5) is 0 Å². The van der Waals surface area contributed by atoms with Gasteiger partial charge in [-0.25, -0.2) is 0 Å². The van der Waals surface area contributed by atoms with Crippen LogP contribution in [0.2, 0.25) is 0 Å². The van der Waals surface area contributed by atoms with Gasteiger partial charge in [-0.05, 0) is 30.3 Å². The second-order valence-corrected chi connectivity index (χ2v) is 5.77. The van der Waals surface area contributed by atoms with E-state index >= 15 is 0 Å². The number of benzene rings is 1. The molecule has 0 bridgehead atoms. The van der Waals surface area contributed by atoms with E-state index in [1.165, 1.54) is 10.6 Å². The predicted molar refractivity (Wildman–Crippen MR) is 97.9 cm³/mol. The lowest BCUT2D eigenvalue weighted by Crippen LogP contribution is -2.31. The molecule has 0 aliphatic carbocycles. The molecule has 0 atom stereocenters. The fourth-order valence-corrected chi connectivity index (χ4v) is 2.56. The minimum absolute atomic E-state index is 0.0728. The first-order valence-electron chi connectivity index (χ1n) is 8.15. The summed E-state index contributed by atoms with van der Waals surface area (Å²) in [6.07, 6.45) is 1.59. The van der Waals surface area contributed by atoms with Crippen molar-refractivity contribution in [3.8, 4) is 22.8 Å². The van der Waals surface area contributed by atoms with Gasteiger partial charge < -0.3 is 23.9 Å².